The van der Waals surface area contributed by atoms with E-state index < -0.39 is 4.92 Å². The number of hydrogen-bond donors (Lipinski definition) is 0. The highest BCUT2D eigenvalue weighted by molar-refractivity contribution is 5.90. The molecule has 4 rings (SSSR count). The minimum absolute atomic E-state index is 0.302. The highest BCUT2D eigenvalue weighted by Crippen LogP contribution is 2.31. The summed E-state index contributed by atoms with van der Waals surface area (Å²) in [7, 11) is 3.24. The second-order valence-corrected chi connectivity index (χ2v) is 6.47. The molecule has 0 aliphatic rings. The van der Waals surface area contributed by atoms with Crippen LogP contribution in [0.25, 0.3) is 34.2 Å². The first-order chi connectivity index (χ1) is 14.6. The monoisotopic (exact) mass is 402 g/mol. The predicted molar refractivity (Wildman–Crippen MR) is 115 cm³/mol. The number of pyridine rings is 1. The van der Waals surface area contributed by atoms with Crippen LogP contribution in [-0.4, -0.2) is 24.1 Å². The molecule has 4 aromatic rings. The van der Waals surface area contributed by atoms with Crippen molar-refractivity contribution in [3.8, 4) is 22.6 Å². The lowest BCUT2D eigenvalue weighted by atomic mass is 10.0. The van der Waals surface area contributed by atoms with Gasteiger partial charge in [0.05, 0.1) is 31.5 Å². The third kappa shape index (κ3) is 3.86. The van der Waals surface area contributed by atoms with Crippen LogP contribution in [-0.2, 0) is 0 Å². The smallest absolute Gasteiger partial charge is 0.433 e. The van der Waals surface area contributed by atoms with Crippen LogP contribution in [0.15, 0.2) is 65.1 Å². The maximum atomic E-state index is 10.8. The van der Waals surface area contributed by atoms with E-state index in [1.807, 2.05) is 48.5 Å². The average Bonchev–Trinajstić information content (AvgIpc) is 3.26. The van der Waals surface area contributed by atoms with Gasteiger partial charge in [-0.05, 0) is 60.2 Å². The minimum Gasteiger partial charge on any atom is -0.497 e. The molecule has 150 valence electrons. The van der Waals surface area contributed by atoms with Gasteiger partial charge in [-0.2, -0.15) is 0 Å². The molecular formula is C23H18N2O5. The average molecular weight is 402 g/mol. The molecule has 0 saturated carbocycles. The Hall–Kier alpha value is -4.13. The van der Waals surface area contributed by atoms with E-state index in [2.05, 4.69) is 0 Å². The van der Waals surface area contributed by atoms with Crippen molar-refractivity contribution in [3.05, 3.63) is 82.2 Å². The Bertz CT molecular complexity index is 1240. The van der Waals surface area contributed by atoms with Crippen LogP contribution in [0.3, 0.4) is 0 Å². The van der Waals surface area contributed by atoms with Gasteiger partial charge in [0.15, 0.2) is 0 Å². The molecular weight excluding hydrogens is 384 g/mol. The first-order valence-corrected chi connectivity index (χ1v) is 9.13. The zero-order valence-electron chi connectivity index (χ0n) is 16.4. The van der Waals surface area contributed by atoms with Crippen LogP contribution < -0.4 is 9.47 Å². The normalized spacial score (nSPS) is 11.1. The van der Waals surface area contributed by atoms with Gasteiger partial charge in [-0.15, -0.1) is 0 Å². The molecule has 2 heterocycles. The Morgan fingerprint density at radius 3 is 2.33 bits per heavy atom. The van der Waals surface area contributed by atoms with Crippen molar-refractivity contribution in [2.24, 2.45) is 0 Å². The van der Waals surface area contributed by atoms with E-state index in [1.54, 1.807) is 32.4 Å². The molecule has 0 radical (unpaired) electrons. The molecule has 7 heteroatoms. The Labute approximate surface area is 172 Å². The number of furan rings is 1. The number of rotatable bonds is 6. The minimum atomic E-state index is -0.568. The van der Waals surface area contributed by atoms with Gasteiger partial charge in [-0.25, -0.2) is 4.98 Å². The van der Waals surface area contributed by atoms with Crippen molar-refractivity contribution in [2.45, 2.75) is 0 Å². The molecule has 2 aromatic carbocycles. The number of aromatic nitrogens is 1. The molecule has 0 saturated heterocycles. The van der Waals surface area contributed by atoms with Crippen LogP contribution in [0.4, 0.5) is 5.88 Å². The first-order valence-electron chi connectivity index (χ1n) is 9.13. The molecule has 7 nitrogen and oxygen atoms in total. The van der Waals surface area contributed by atoms with Crippen molar-refractivity contribution in [3.63, 3.8) is 0 Å². The molecule has 0 spiro atoms. The summed E-state index contributed by atoms with van der Waals surface area (Å²) in [6, 6.07) is 18.3. The third-order valence-corrected chi connectivity index (χ3v) is 4.65. The fraction of sp³-hybridized carbons (Fsp3) is 0.0870. The van der Waals surface area contributed by atoms with Crippen molar-refractivity contribution in [1.29, 1.82) is 0 Å². The van der Waals surface area contributed by atoms with E-state index >= 15 is 0 Å². The molecule has 0 amide bonds. The molecule has 0 aliphatic heterocycles. The van der Waals surface area contributed by atoms with Gasteiger partial charge in [0.1, 0.15) is 22.2 Å². The highest BCUT2D eigenvalue weighted by atomic mass is 16.6. The van der Waals surface area contributed by atoms with E-state index in [0.717, 1.165) is 33.5 Å². The number of ether oxygens (including phenoxy) is 2. The summed E-state index contributed by atoms with van der Waals surface area (Å²) in [6.45, 7) is 0. The van der Waals surface area contributed by atoms with Crippen LogP contribution in [0.2, 0.25) is 0 Å². The van der Waals surface area contributed by atoms with E-state index in [-0.39, 0.29) is 5.88 Å². The van der Waals surface area contributed by atoms with Crippen LogP contribution in [0.1, 0.15) is 11.5 Å². The Morgan fingerprint density at radius 1 is 0.933 bits per heavy atom. The molecule has 0 aliphatic carbocycles. The summed E-state index contributed by atoms with van der Waals surface area (Å²) in [4.78, 5) is 15.0. The molecule has 0 atom stereocenters. The fourth-order valence-electron chi connectivity index (χ4n) is 3.12. The second-order valence-electron chi connectivity index (χ2n) is 6.47. The summed E-state index contributed by atoms with van der Waals surface area (Å²) in [5.74, 6) is 1.58. The van der Waals surface area contributed by atoms with Gasteiger partial charge >= 0.3 is 5.88 Å². The zero-order chi connectivity index (χ0) is 21.1. The van der Waals surface area contributed by atoms with Gasteiger partial charge in [-0.3, -0.25) is 10.1 Å². The first kappa shape index (κ1) is 19.2. The van der Waals surface area contributed by atoms with E-state index in [9.17, 15) is 10.1 Å². The number of nitro groups is 1. The molecule has 0 unspecified atom stereocenters. The van der Waals surface area contributed by atoms with Gasteiger partial charge in [-0.1, -0.05) is 12.1 Å². The highest BCUT2D eigenvalue weighted by Gasteiger charge is 2.12. The van der Waals surface area contributed by atoms with Crippen molar-refractivity contribution in [2.75, 3.05) is 14.2 Å². The van der Waals surface area contributed by atoms with E-state index in [1.165, 1.54) is 6.07 Å². The van der Waals surface area contributed by atoms with Crippen molar-refractivity contribution >= 4 is 28.9 Å². The van der Waals surface area contributed by atoms with Crippen LogP contribution in [0, 0.1) is 10.1 Å². The lowest BCUT2D eigenvalue weighted by Crippen LogP contribution is -1.92. The van der Waals surface area contributed by atoms with Crippen molar-refractivity contribution < 1.29 is 18.8 Å². The summed E-state index contributed by atoms with van der Waals surface area (Å²) >= 11 is 0. The molecule has 30 heavy (non-hydrogen) atoms. The maximum Gasteiger partial charge on any atom is 0.433 e. The molecule has 2 aromatic heterocycles. The van der Waals surface area contributed by atoms with Gasteiger partial charge in [0.25, 0.3) is 0 Å². The largest absolute Gasteiger partial charge is 0.497 e. The SMILES string of the molecule is COc1ccc(-c2cc3cc(OC)ccc3nc2/C=C/c2ccc([N+](=O)[O-])o2)cc1. The number of fused-ring (bicyclic) bond motifs is 1. The lowest BCUT2D eigenvalue weighted by Gasteiger charge is -2.10. The van der Waals surface area contributed by atoms with Crippen LogP contribution in [0.5, 0.6) is 11.5 Å². The number of nitrogens with zero attached hydrogens (tertiary/aromatic N) is 2. The predicted octanol–water partition coefficient (Wildman–Crippen LogP) is 5.59. The van der Waals surface area contributed by atoms with Gasteiger partial charge in [0.2, 0.25) is 0 Å². The van der Waals surface area contributed by atoms with E-state index in [4.69, 9.17) is 18.9 Å². The number of hydrogen-bond acceptors (Lipinski definition) is 6. The maximum absolute atomic E-state index is 10.8. The van der Waals surface area contributed by atoms with Crippen LogP contribution >= 0.6 is 0 Å². The zero-order valence-corrected chi connectivity index (χ0v) is 16.4. The number of methoxy groups -OCH3 is 2. The van der Waals surface area contributed by atoms with Gasteiger partial charge < -0.3 is 13.9 Å². The molecule has 0 fully saturated rings. The third-order valence-electron chi connectivity index (χ3n) is 4.65. The van der Waals surface area contributed by atoms with E-state index in [0.29, 0.717) is 11.5 Å². The molecule has 0 bridgehead atoms. The summed E-state index contributed by atoms with van der Waals surface area (Å²) < 4.78 is 15.8. The second kappa shape index (κ2) is 8.08. The quantitative estimate of drug-likeness (QED) is 0.309. The Balaban J connectivity index is 1.82. The number of benzene rings is 2. The van der Waals surface area contributed by atoms with Gasteiger partial charge in [0, 0.05) is 10.9 Å². The summed E-state index contributed by atoms with van der Waals surface area (Å²) in [5, 5.41) is 11.8. The summed E-state index contributed by atoms with van der Waals surface area (Å²) in [6.07, 6.45) is 3.45. The Kier molecular flexibility index (Phi) is 5.17. The van der Waals surface area contributed by atoms with Crippen molar-refractivity contribution in [1.82, 2.24) is 4.98 Å². The fourth-order valence-corrected chi connectivity index (χ4v) is 3.12. The topological polar surface area (TPSA) is 87.6 Å². The Morgan fingerprint density at radius 2 is 1.67 bits per heavy atom. The summed E-state index contributed by atoms with van der Waals surface area (Å²) in [5.41, 5.74) is 3.36. The molecule has 0 N–H and O–H groups in total. The lowest BCUT2D eigenvalue weighted by molar-refractivity contribution is -0.402. The standard InChI is InChI=1S/C23H18N2O5/c1-28-17-5-3-15(4-6-17)20-14-16-13-19(29-2)8-10-21(16)24-22(20)11-7-18-9-12-23(30-18)25(26)27/h3-14H,1-2H3/b11-7+.